The molecule has 2 N–H and O–H groups in total. The summed E-state index contributed by atoms with van der Waals surface area (Å²) in [5.74, 6) is 0.739. The second kappa shape index (κ2) is 12.3. The van der Waals surface area contributed by atoms with Gasteiger partial charge in [0.2, 0.25) is 11.8 Å². The van der Waals surface area contributed by atoms with Gasteiger partial charge in [-0.3, -0.25) is 9.59 Å². The van der Waals surface area contributed by atoms with Gasteiger partial charge in [-0.2, -0.15) is 0 Å². The van der Waals surface area contributed by atoms with Crippen LogP contribution in [0.5, 0.6) is 0 Å². The van der Waals surface area contributed by atoms with Gasteiger partial charge in [-0.25, -0.2) is 4.99 Å². The SMILES string of the molecule is CN(C)C(=O)CNC(=NCc1ccccc1)NCc1ccc(N2CCCC2=O)cc1.I. The Bertz CT molecular complexity index is 885. The third kappa shape index (κ3) is 7.54. The summed E-state index contributed by atoms with van der Waals surface area (Å²) >= 11 is 0. The number of halogens is 1. The van der Waals surface area contributed by atoms with Gasteiger partial charge in [-0.05, 0) is 29.7 Å². The highest BCUT2D eigenvalue weighted by Gasteiger charge is 2.21. The monoisotopic (exact) mass is 535 g/mol. The molecule has 0 aliphatic carbocycles. The largest absolute Gasteiger partial charge is 0.352 e. The van der Waals surface area contributed by atoms with Crippen LogP contribution in [0, 0.1) is 0 Å². The number of benzene rings is 2. The van der Waals surface area contributed by atoms with Crippen molar-refractivity contribution in [2.45, 2.75) is 25.9 Å². The number of hydrogen-bond acceptors (Lipinski definition) is 3. The van der Waals surface area contributed by atoms with Crippen LogP contribution >= 0.6 is 24.0 Å². The molecular weight excluding hydrogens is 505 g/mol. The van der Waals surface area contributed by atoms with Gasteiger partial charge in [0, 0.05) is 39.3 Å². The fourth-order valence-electron chi connectivity index (χ4n) is 3.15. The second-order valence-electron chi connectivity index (χ2n) is 7.46. The molecule has 2 aromatic carbocycles. The van der Waals surface area contributed by atoms with Crippen LogP contribution in [0.25, 0.3) is 0 Å². The highest BCUT2D eigenvalue weighted by Crippen LogP contribution is 2.21. The van der Waals surface area contributed by atoms with Crippen molar-refractivity contribution in [1.29, 1.82) is 0 Å². The van der Waals surface area contributed by atoms with Gasteiger partial charge in [0.1, 0.15) is 0 Å². The zero-order valence-corrected chi connectivity index (χ0v) is 20.3. The summed E-state index contributed by atoms with van der Waals surface area (Å²) < 4.78 is 0. The van der Waals surface area contributed by atoms with Gasteiger partial charge in [-0.1, -0.05) is 42.5 Å². The minimum Gasteiger partial charge on any atom is -0.352 e. The summed E-state index contributed by atoms with van der Waals surface area (Å²) in [5, 5.41) is 6.38. The smallest absolute Gasteiger partial charge is 0.241 e. The normalized spacial score (nSPS) is 13.5. The molecule has 7 nitrogen and oxygen atoms in total. The maximum atomic E-state index is 11.9. The number of aliphatic imine (C=N–C) groups is 1. The molecule has 166 valence electrons. The molecule has 0 unspecified atom stereocenters. The van der Waals surface area contributed by atoms with E-state index < -0.39 is 0 Å². The summed E-state index contributed by atoms with van der Waals surface area (Å²) in [4.78, 5) is 31.8. The standard InChI is InChI=1S/C23H29N5O2.HI/c1-27(2)22(30)17-26-23(24-15-18-7-4-3-5-8-18)25-16-19-10-12-20(13-11-19)28-14-6-9-21(28)29;/h3-5,7-8,10-13H,6,9,14-17H2,1-2H3,(H2,24,25,26);1H. The number of amides is 2. The molecule has 0 radical (unpaired) electrons. The van der Waals surface area contributed by atoms with Crippen molar-refractivity contribution in [2.24, 2.45) is 4.99 Å². The van der Waals surface area contributed by atoms with Crippen molar-refractivity contribution in [1.82, 2.24) is 15.5 Å². The maximum absolute atomic E-state index is 11.9. The predicted molar refractivity (Wildman–Crippen MR) is 135 cm³/mol. The van der Waals surface area contributed by atoms with Crippen LogP contribution in [0.4, 0.5) is 5.69 Å². The Kier molecular flexibility index (Phi) is 9.77. The molecule has 1 aliphatic heterocycles. The van der Waals surface area contributed by atoms with E-state index in [4.69, 9.17) is 0 Å². The van der Waals surface area contributed by atoms with E-state index >= 15 is 0 Å². The fourth-order valence-corrected chi connectivity index (χ4v) is 3.15. The van der Waals surface area contributed by atoms with E-state index in [-0.39, 0.29) is 42.3 Å². The fraction of sp³-hybridized carbons (Fsp3) is 0.348. The number of rotatable bonds is 7. The molecule has 0 bridgehead atoms. The van der Waals surface area contributed by atoms with Gasteiger partial charge in [0.05, 0.1) is 13.1 Å². The van der Waals surface area contributed by atoms with Crippen molar-refractivity contribution in [3.8, 4) is 0 Å². The number of carbonyl (C=O) groups is 2. The Morgan fingerprint density at radius 3 is 2.35 bits per heavy atom. The first kappa shape index (κ1) is 24.6. The highest BCUT2D eigenvalue weighted by atomic mass is 127. The summed E-state index contributed by atoms with van der Waals surface area (Å²) in [7, 11) is 3.45. The van der Waals surface area contributed by atoms with Crippen LogP contribution in [0.3, 0.4) is 0 Å². The second-order valence-corrected chi connectivity index (χ2v) is 7.46. The van der Waals surface area contributed by atoms with Gasteiger partial charge in [0.15, 0.2) is 5.96 Å². The van der Waals surface area contributed by atoms with Gasteiger partial charge < -0.3 is 20.4 Å². The Morgan fingerprint density at radius 1 is 1.03 bits per heavy atom. The Labute approximate surface area is 200 Å². The van der Waals surface area contributed by atoms with Crippen molar-refractivity contribution in [2.75, 3.05) is 32.1 Å². The van der Waals surface area contributed by atoms with E-state index in [0.29, 0.717) is 25.5 Å². The number of likely N-dealkylation sites (N-methyl/N-ethyl adjacent to an activating group) is 1. The number of nitrogens with zero attached hydrogens (tertiary/aromatic N) is 3. The molecule has 8 heteroatoms. The lowest BCUT2D eigenvalue weighted by Crippen LogP contribution is -2.42. The molecule has 0 saturated carbocycles. The summed E-state index contributed by atoms with van der Waals surface area (Å²) in [6.45, 7) is 2.04. The number of anilines is 1. The highest BCUT2D eigenvalue weighted by molar-refractivity contribution is 14.0. The Hall–Kier alpha value is -2.62. The van der Waals surface area contributed by atoms with Crippen LogP contribution in [0.15, 0.2) is 59.6 Å². The van der Waals surface area contributed by atoms with Crippen molar-refractivity contribution >= 4 is 47.4 Å². The van der Waals surface area contributed by atoms with Crippen LogP contribution in [-0.4, -0.2) is 49.9 Å². The Balaban J connectivity index is 0.00000341. The zero-order valence-electron chi connectivity index (χ0n) is 18.0. The number of nitrogens with one attached hydrogen (secondary N) is 2. The lowest BCUT2D eigenvalue weighted by molar-refractivity contribution is -0.127. The van der Waals surface area contributed by atoms with Crippen molar-refractivity contribution < 1.29 is 9.59 Å². The van der Waals surface area contributed by atoms with E-state index in [2.05, 4.69) is 15.6 Å². The molecule has 1 fully saturated rings. The first-order valence-electron chi connectivity index (χ1n) is 10.2. The number of guanidine groups is 1. The summed E-state index contributed by atoms with van der Waals surface area (Å²) in [5.41, 5.74) is 3.10. The molecular formula is C23H30IN5O2. The maximum Gasteiger partial charge on any atom is 0.241 e. The molecule has 1 heterocycles. The van der Waals surface area contributed by atoms with Gasteiger partial charge in [0.25, 0.3) is 0 Å². The first-order chi connectivity index (χ1) is 14.5. The quantitative estimate of drug-likeness (QED) is 0.325. The van der Waals surface area contributed by atoms with Crippen LogP contribution < -0.4 is 15.5 Å². The first-order valence-corrected chi connectivity index (χ1v) is 10.2. The van der Waals surface area contributed by atoms with Crippen molar-refractivity contribution in [3.05, 3.63) is 65.7 Å². The van der Waals surface area contributed by atoms with Crippen molar-refractivity contribution in [3.63, 3.8) is 0 Å². The average Bonchev–Trinajstić information content (AvgIpc) is 3.19. The molecule has 31 heavy (non-hydrogen) atoms. The molecule has 0 atom stereocenters. The van der Waals surface area contributed by atoms with Gasteiger partial charge in [-0.15, -0.1) is 24.0 Å². The molecule has 3 rings (SSSR count). The lowest BCUT2D eigenvalue weighted by Gasteiger charge is -2.17. The predicted octanol–water partition coefficient (Wildman–Crippen LogP) is 2.76. The zero-order chi connectivity index (χ0) is 21.3. The van der Waals surface area contributed by atoms with Gasteiger partial charge >= 0.3 is 0 Å². The summed E-state index contributed by atoms with van der Waals surface area (Å²) in [6, 6.07) is 17.9. The molecule has 2 aromatic rings. The van der Waals surface area contributed by atoms with E-state index in [1.54, 1.807) is 19.0 Å². The van der Waals surface area contributed by atoms with Crippen LogP contribution in [0.2, 0.25) is 0 Å². The average molecular weight is 535 g/mol. The van der Waals surface area contributed by atoms with E-state index in [1.807, 2.05) is 59.5 Å². The third-order valence-corrected chi connectivity index (χ3v) is 4.95. The minimum atomic E-state index is -0.0242. The molecule has 1 aliphatic rings. The van der Waals surface area contributed by atoms with Crippen LogP contribution in [-0.2, 0) is 22.7 Å². The van der Waals surface area contributed by atoms with E-state index in [0.717, 1.165) is 29.8 Å². The number of hydrogen-bond donors (Lipinski definition) is 2. The lowest BCUT2D eigenvalue weighted by atomic mass is 10.2. The van der Waals surface area contributed by atoms with E-state index in [1.165, 1.54) is 0 Å². The Morgan fingerprint density at radius 2 is 1.74 bits per heavy atom. The van der Waals surface area contributed by atoms with Crippen LogP contribution in [0.1, 0.15) is 24.0 Å². The molecule has 2 amide bonds. The third-order valence-electron chi connectivity index (χ3n) is 4.95. The summed E-state index contributed by atoms with van der Waals surface area (Å²) in [6.07, 6.45) is 1.54. The molecule has 0 spiro atoms. The minimum absolute atomic E-state index is 0. The number of carbonyl (C=O) groups excluding carboxylic acids is 2. The topological polar surface area (TPSA) is 77.0 Å². The molecule has 0 aromatic heterocycles. The van der Waals surface area contributed by atoms with E-state index in [9.17, 15) is 9.59 Å². The molecule has 1 saturated heterocycles.